The molecule has 2 aliphatic heterocycles. The Morgan fingerprint density at radius 2 is 1.87 bits per heavy atom. The maximum atomic E-state index is 13.0. The monoisotopic (exact) mass is 411 g/mol. The fourth-order valence-electron chi connectivity index (χ4n) is 4.47. The summed E-state index contributed by atoms with van der Waals surface area (Å²) in [5, 5.41) is 12.5. The summed E-state index contributed by atoms with van der Waals surface area (Å²) in [6, 6.07) is 11.2. The third-order valence-corrected chi connectivity index (χ3v) is 6.09. The molecular formula is C23H29N3O4. The number of nitrogens with zero attached hydrogens (tertiary/aromatic N) is 3. The molecule has 2 aliphatic rings. The number of pyridine rings is 1. The van der Waals surface area contributed by atoms with E-state index in [-0.39, 0.29) is 29.9 Å². The summed E-state index contributed by atoms with van der Waals surface area (Å²) in [7, 11) is 1.72. The van der Waals surface area contributed by atoms with E-state index in [0.717, 1.165) is 24.8 Å². The maximum absolute atomic E-state index is 13.0. The molecule has 0 saturated carbocycles. The van der Waals surface area contributed by atoms with Gasteiger partial charge in [0.1, 0.15) is 6.17 Å². The number of carbonyl (C=O) groups excluding carboxylic acids is 1. The van der Waals surface area contributed by atoms with Gasteiger partial charge < -0.3 is 14.7 Å². The minimum absolute atomic E-state index is 0.00464. The van der Waals surface area contributed by atoms with Gasteiger partial charge in [-0.2, -0.15) is 0 Å². The summed E-state index contributed by atoms with van der Waals surface area (Å²) < 4.78 is 8.01. The van der Waals surface area contributed by atoms with E-state index in [4.69, 9.17) is 4.74 Å². The predicted octanol–water partition coefficient (Wildman–Crippen LogP) is 2.87. The molecule has 1 saturated heterocycles. The normalized spacial score (nSPS) is 23.5. The highest BCUT2D eigenvalue weighted by Gasteiger charge is 2.46. The van der Waals surface area contributed by atoms with Crippen molar-refractivity contribution in [3.05, 3.63) is 64.1 Å². The zero-order chi connectivity index (χ0) is 21.4. The number of amides is 1. The number of piperidine rings is 1. The van der Waals surface area contributed by atoms with Crippen LogP contribution in [0, 0.1) is 5.92 Å². The van der Waals surface area contributed by atoms with Crippen LogP contribution in [0.3, 0.4) is 0 Å². The van der Waals surface area contributed by atoms with E-state index in [2.05, 4.69) is 31.0 Å². The zero-order valence-electron chi connectivity index (χ0n) is 17.7. The molecule has 7 nitrogen and oxygen atoms in total. The van der Waals surface area contributed by atoms with Crippen LogP contribution in [0.1, 0.15) is 55.2 Å². The van der Waals surface area contributed by atoms with Crippen molar-refractivity contribution >= 4 is 5.91 Å². The molecule has 0 bridgehead atoms. The topological polar surface area (TPSA) is 75.0 Å². The lowest BCUT2D eigenvalue weighted by molar-refractivity contribution is -0.0218. The van der Waals surface area contributed by atoms with Crippen LogP contribution in [0.15, 0.2) is 47.4 Å². The molecule has 7 heteroatoms. The highest BCUT2D eigenvalue weighted by molar-refractivity contribution is 5.96. The second-order valence-electron chi connectivity index (χ2n) is 8.52. The van der Waals surface area contributed by atoms with E-state index < -0.39 is 11.2 Å². The summed E-state index contributed by atoms with van der Waals surface area (Å²) >= 11 is 0. The first kappa shape index (κ1) is 20.5. The van der Waals surface area contributed by atoms with Gasteiger partial charge in [0.2, 0.25) is 5.43 Å². The zero-order valence-corrected chi connectivity index (χ0v) is 17.7. The smallest absolute Gasteiger partial charge is 0.277 e. The van der Waals surface area contributed by atoms with E-state index in [1.165, 1.54) is 6.07 Å². The first-order valence-electron chi connectivity index (χ1n) is 10.6. The molecule has 1 N–H and O–H groups in total. The largest absolute Gasteiger partial charge is 0.502 e. The summed E-state index contributed by atoms with van der Waals surface area (Å²) in [5.74, 6) is -0.308. The summed E-state index contributed by atoms with van der Waals surface area (Å²) in [6.45, 7) is 5.02. The molecule has 3 heterocycles. The van der Waals surface area contributed by atoms with E-state index in [1.807, 2.05) is 18.2 Å². The molecule has 4 rings (SSSR count). The quantitative estimate of drug-likeness (QED) is 0.819. The van der Waals surface area contributed by atoms with E-state index in [0.29, 0.717) is 12.5 Å². The van der Waals surface area contributed by atoms with Crippen LogP contribution in [-0.4, -0.2) is 46.5 Å². The lowest BCUT2D eigenvalue weighted by Gasteiger charge is -2.53. The van der Waals surface area contributed by atoms with Gasteiger partial charge in [-0.25, -0.2) is 0 Å². The molecule has 1 aromatic carbocycles. The molecule has 0 radical (unpaired) electrons. The number of hydrogen-bond acceptors (Lipinski definition) is 5. The van der Waals surface area contributed by atoms with Gasteiger partial charge in [-0.15, -0.1) is 0 Å². The van der Waals surface area contributed by atoms with Crippen LogP contribution in [0.4, 0.5) is 0 Å². The van der Waals surface area contributed by atoms with Gasteiger partial charge in [0.25, 0.3) is 5.91 Å². The number of rotatable bonds is 5. The Morgan fingerprint density at radius 3 is 2.57 bits per heavy atom. The Hall–Kier alpha value is -2.80. The lowest BCUT2D eigenvalue weighted by Crippen LogP contribution is -2.65. The van der Waals surface area contributed by atoms with Crippen LogP contribution >= 0.6 is 0 Å². The Balaban J connectivity index is 1.81. The Morgan fingerprint density at radius 1 is 1.13 bits per heavy atom. The Labute approximate surface area is 176 Å². The van der Waals surface area contributed by atoms with Gasteiger partial charge in [0.05, 0.1) is 12.1 Å². The molecule has 1 fully saturated rings. The molecule has 0 unspecified atom stereocenters. The molecule has 0 aliphatic carbocycles. The number of hydrogen-bond donors (Lipinski definition) is 1. The summed E-state index contributed by atoms with van der Waals surface area (Å²) in [5.41, 5.74) is 0.521. The minimum Gasteiger partial charge on any atom is -0.502 e. The standard InChI is InChI=1S/C23H29N3O4/c1-15(2)12-14-30-18-9-10-19-24(3)23(29)21-22(28)17(27)11-13-25(21)26(19)20(18)16-7-5-4-6-8-16/h4-8,11,13,15,18-20,28H,9-10,12,14H2,1-3H3/t18-,19+,20-/m1/s1. The van der Waals surface area contributed by atoms with E-state index in [9.17, 15) is 14.7 Å². The SMILES string of the molecule is CC(C)CCO[C@@H]1CC[C@H]2N(C)C(=O)c3c(O)c(=O)ccn3N2[C@@H]1c1ccccc1. The number of benzene rings is 1. The second-order valence-corrected chi connectivity index (χ2v) is 8.52. The first-order valence-corrected chi connectivity index (χ1v) is 10.6. The van der Waals surface area contributed by atoms with Crippen molar-refractivity contribution in [2.24, 2.45) is 5.92 Å². The number of aromatic nitrogens is 1. The number of ether oxygens (including phenoxy) is 1. The first-order chi connectivity index (χ1) is 14.4. The maximum Gasteiger partial charge on any atom is 0.277 e. The Bertz CT molecular complexity index is 972. The van der Waals surface area contributed by atoms with Crippen molar-refractivity contribution in [3.63, 3.8) is 0 Å². The summed E-state index contributed by atoms with van der Waals surface area (Å²) in [6.07, 6.45) is 3.86. The third kappa shape index (κ3) is 3.47. The molecule has 1 amide bonds. The fraction of sp³-hybridized carbons (Fsp3) is 0.478. The van der Waals surface area contributed by atoms with Crippen molar-refractivity contribution in [2.75, 3.05) is 18.7 Å². The van der Waals surface area contributed by atoms with Crippen LogP contribution in [0.2, 0.25) is 0 Å². The highest BCUT2D eigenvalue weighted by Crippen LogP contribution is 2.39. The van der Waals surface area contributed by atoms with Gasteiger partial charge in [-0.1, -0.05) is 44.2 Å². The van der Waals surface area contributed by atoms with Crippen molar-refractivity contribution in [1.82, 2.24) is 9.58 Å². The number of carbonyl (C=O) groups is 1. The van der Waals surface area contributed by atoms with Crippen LogP contribution in [0.5, 0.6) is 5.75 Å². The van der Waals surface area contributed by atoms with Gasteiger partial charge in [-0.05, 0) is 30.7 Å². The fourth-order valence-corrected chi connectivity index (χ4v) is 4.47. The molecule has 3 atom stereocenters. The Kier molecular flexibility index (Phi) is 5.56. The van der Waals surface area contributed by atoms with Crippen LogP contribution in [-0.2, 0) is 4.74 Å². The third-order valence-electron chi connectivity index (χ3n) is 6.09. The molecule has 0 spiro atoms. The molecule has 30 heavy (non-hydrogen) atoms. The average molecular weight is 412 g/mol. The summed E-state index contributed by atoms with van der Waals surface area (Å²) in [4.78, 5) is 26.6. The second kappa shape index (κ2) is 8.14. The van der Waals surface area contributed by atoms with Gasteiger partial charge >= 0.3 is 0 Å². The van der Waals surface area contributed by atoms with E-state index >= 15 is 0 Å². The molecule has 1 aromatic heterocycles. The van der Waals surface area contributed by atoms with Crippen LogP contribution < -0.4 is 10.4 Å². The van der Waals surface area contributed by atoms with Crippen molar-refractivity contribution in [2.45, 2.75) is 51.4 Å². The van der Waals surface area contributed by atoms with Gasteiger partial charge in [-0.3, -0.25) is 19.3 Å². The van der Waals surface area contributed by atoms with Crippen molar-refractivity contribution in [3.8, 4) is 5.75 Å². The van der Waals surface area contributed by atoms with Gasteiger partial charge in [0, 0.05) is 25.9 Å². The van der Waals surface area contributed by atoms with Gasteiger partial charge in [0.15, 0.2) is 11.4 Å². The number of aromatic hydroxyl groups is 1. The average Bonchev–Trinajstić information content (AvgIpc) is 2.74. The van der Waals surface area contributed by atoms with Crippen molar-refractivity contribution < 1.29 is 14.6 Å². The molecular weight excluding hydrogens is 382 g/mol. The highest BCUT2D eigenvalue weighted by atomic mass is 16.5. The lowest BCUT2D eigenvalue weighted by atomic mass is 9.90. The molecule has 2 aromatic rings. The minimum atomic E-state index is -0.556. The van der Waals surface area contributed by atoms with E-state index in [1.54, 1.807) is 22.8 Å². The van der Waals surface area contributed by atoms with Crippen LogP contribution in [0.25, 0.3) is 0 Å². The molecule has 160 valence electrons. The van der Waals surface area contributed by atoms with Crippen molar-refractivity contribution in [1.29, 1.82) is 0 Å². The predicted molar refractivity (Wildman–Crippen MR) is 114 cm³/mol. The number of fused-ring (bicyclic) bond motifs is 3.